The van der Waals surface area contributed by atoms with E-state index >= 15 is 0 Å². The topological polar surface area (TPSA) is 66.4 Å². The van der Waals surface area contributed by atoms with Gasteiger partial charge in [-0.1, -0.05) is 141 Å². The largest absolute Gasteiger partial charge is 0.413 e. The maximum atomic E-state index is 9.44. The van der Waals surface area contributed by atoms with Crippen LogP contribution in [-0.2, 0) is 41.5 Å². The van der Waals surface area contributed by atoms with Crippen molar-refractivity contribution >= 4 is 8.32 Å². The Hall–Kier alpha value is -2.88. The van der Waals surface area contributed by atoms with Crippen molar-refractivity contribution in [2.75, 3.05) is 19.8 Å². The van der Waals surface area contributed by atoms with Crippen molar-refractivity contribution in [3.8, 4) is 0 Å². The zero-order chi connectivity index (χ0) is 40.1. The number of hydrogen-bond acceptors (Lipinski definition) is 6. The van der Waals surface area contributed by atoms with E-state index in [9.17, 15) is 5.11 Å². The molecule has 0 bridgehead atoms. The van der Waals surface area contributed by atoms with Gasteiger partial charge < -0.3 is 28.5 Å². The highest BCUT2D eigenvalue weighted by molar-refractivity contribution is 6.72. The summed E-state index contributed by atoms with van der Waals surface area (Å²) in [4.78, 5) is 0. The zero-order valence-electron chi connectivity index (χ0n) is 35.3. The number of ether oxygens (including phenoxy) is 4. The molecule has 0 radical (unpaired) electrons. The Labute approximate surface area is 351 Å². The summed E-state index contributed by atoms with van der Waals surface area (Å²) in [6, 6.07) is 35.9. The van der Waals surface area contributed by atoms with Crippen LogP contribution >= 0.6 is 0 Å². The van der Waals surface area contributed by atoms with Crippen LogP contribution in [0.2, 0.25) is 0 Å². The van der Waals surface area contributed by atoms with Crippen molar-refractivity contribution in [2.24, 2.45) is 11.8 Å². The van der Waals surface area contributed by atoms with Gasteiger partial charge in [-0.05, 0) is 118 Å². The normalized spacial score (nSPS) is 24.8. The van der Waals surface area contributed by atoms with E-state index in [0.29, 0.717) is 0 Å². The lowest BCUT2D eigenvalue weighted by Crippen LogP contribution is -2.50. The van der Waals surface area contributed by atoms with Gasteiger partial charge in [0.2, 0.25) is 8.32 Å². The summed E-state index contributed by atoms with van der Waals surface area (Å²) in [6.07, 6.45) is 24.6. The molecule has 6 nitrogen and oxygen atoms in total. The number of unbranched alkanes of at least 4 members (excludes halogenated alkanes) is 4. The molecule has 0 amide bonds. The number of aliphatic hydroxyl groups is 1. The van der Waals surface area contributed by atoms with E-state index in [1.54, 1.807) is 0 Å². The first-order valence-corrected chi connectivity index (χ1v) is 25.4. The van der Waals surface area contributed by atoms with E-state index in [4.69, 9.17) is 23.4 Å². The number of allylic oxidation sites excluding steroid dienone is 2. The maximum Gasteiger partial charge on any atom is 0.206 e. The van der Waals surface area contributed by atoms with Gasteiger partial charge in [0.15, 0.2) is 12.6 Å². The van der Waals surface area contributed by atoms with Crippen LogP contribution in [0.15, 0.2) is 115 Å². The Kier molecular flexibility index (Phi) is 19.3. The highest BCUT2D eigenvalue weighted by Gasteiger charge is 2.48. The van der Waals surface area contributed by atoms with Crippen LogP contribution in [0.25, 0.3) is 0 Å². The average Bonchev–Trinajstić information content (AvgIpc) is 3.56. The van der Waals surface area contributed by atoms with Gasteiger partial charge in [-0.3, -0.25) is 0 Å². The van der Waals surface area contributed by atoms with Crippen molar-refractivity contribution in [3.05, 3.63) is 132 Å². The van der Waals surface area contributed by atoms with Crippen molar-refractivity contribution in [3.63, 3.8) is 0 Å². The third-order valence-corrected chi connectivity index (χ3v) is 16.3. The molecule has 3 fully saturated rings. The summed E-state index contributed by atoms with van der Waals surface area (Å²) in [5, 5.41) is 9.44. The van der Waals surface area contributed by atoms with E-state index in [-0.39, 0.29) is 49.3 Å². The highest BCUT2D eigenvalue weighted by Crippen LogP contribution is 2.43. The lowest BCUT2D eigenvalue weighted by Gasteiger charge is -2.37. The Bertz CT molecular complexity index is 1470. The van der Waals surface area contributed by atoms with Crippen LogP contribution in [-0.4, -0.2) is 64.1 Å². The SMILES string of the molecule is CCCCC[C@@H](/C=C/[C@@H]1[C@@H](C/C=C\CCCCO)[C@@H](O[Si](Cc2ccccc2)(Cc2ccccc2)Cc2ccccc2)C[C@H]1OC1CCCCO1)OC1CCCCO1. The number of benzene rings is 3. The molecule has 2 heterocycles. The Morgan fingerprint density at radius 2 is 1.31 bits per heavy atom. The summed E-state index contributed by atoms with van der Waals surface area (Å²) in [5.74, 6) is 0.356. The minimum Gasteiger partial charge on any atom is -0.413 e. The van der Waals surface area contributed by atoms with Crippen molar-refractivity contribution in [1.82, 2.24) is 0 Å². The lowest BCUT2D eigenvalue weighted by molar-refractivity contribution is -0.193. The van der Waals surface area contributed by atoms with E-state index in [1.165, 1.54) is 29.5 Å². The quantitative estimate of drug-likeness (QED) is 0.0552. The third kappa shape index (κ3) is 14.7. The van der Waals surface area contributed by atoms with Gasteiger partial charge in [-0.2, -0.15) is 0 Å². The monoisotopic (exact) mass is 809 g/mol. The molecule has 0 aromatic heterocycles. The molecule has 1 aliphatic carbocycles. The van der Waals surface area contributed by atoms with Crippen LogP contribution in [0.3, 0.4) is 0 Å². The first-order valence-electron chi connectivity index (χ1n) is 22.9. The molecule has 2 aliphatic heterocycles. The van der Waals surface area contributed by atoms with Gasteiger partial charge >= 0.3 is 0 Å². The number of hydrogen-bond donors (Lipinski definition) is 1. The second-order valence-corrected chi connectivity index (χ2v) is 20.7. The van der Waals surface area contributed by atoms with Crippen molar-refractivity contribution in [1.29, 1.82) is 0 Å². The van der Waals surface area contributed by atoms with Gasteiger partial charge in [0.25, 0.3) is 0 Å². The molecule has 2 saturated heterocycles. The second-order valence-electron chi connectivity index (χ2n) is 17.1. The molecule has 3 aromatic rings. The molecule has 3 aromatic carbocycles. The van der Waals surface area contributed by atoms with E-state index < -0.39 is 8.32 Å². The van der Waals surface area contributed by atoms with Crippen molar-refractivity contribution in [2.45, 2.75) is 152 Å². The van der Waals surface area contributed by atoms with Crippen molar-refractivity contribution < 1.29 is 28.5 Å². The fourth-order valence-electron chi connectivity index (χ4n) is 9.31. The number of rotatable bonds is 24. The molecule has 7 heteroatoms. The fourth-order valence-corrected chi connectivity index (χ4v) is 13.8. The molecule has 1 saturated carbocycles. The second kappa shape index (κ2) is 25.0. The van der Waals surface area contributed by atoms with Gasteiger partial charge in [-0.25, -0.2) is 0 Å². The third-order valence-electron chi connectivity index (χ3n) is 12.3. The summed E-state index contributed by atoms with van der Waals surface area (Å²) >= 11 is 0. The lowest BCUT2D eigenvalue weighted by atomic mass is 9.89. The van der Waals surface area contributed by atoms with Gasteiger partial charge in [0, 0.05) is 25.7 Å². The van der Waals surface area contributed by atoms with Crippen LogP contribution in [0.4, 0.5) is 0 Å². The van der Waals surface area contributed by atoms with Gasteiger partial charge in [-0.15, -0.1) is 0 Å². The number of aliphatic hydroxyl groups excluding tert-OH is 1. The van der Waals surface area contributed by atoms with Crippen LogP contribution in [0.1, 0.15) is 120 Å². The molecular weight excluding hydrogens is 737 g/mol. The summed E-state index contributed by atoms with van der Waals surface area (Å²) in [5.41, 5.74) is 4.03. The first-order chi connectivity index (χ1) is 28.6. The van der Waals surface area contributed by atoms with Gasteiger partial charge in [0.05, 0.1) is 18.3 Å². The molecular formula is C51H72O6Si. The van der Waals surface area contributed by atoms with Gasteiger partial charge in [0.1, 0.15) is 0 Å². The van der Waals surface area contributed by atoms with Crippen LogP contribution in [0.5, 0.6) is 0 Å². The van der Waals surface area contributed by atoms with E-state index in [0.717, 1.165) is 115 Å². The standard InChI is InChI=1S/C51H72O6Si/c1-2-3-10-29-45(55-50-31-18-21-36-53-50)33-34-47-46(30-17-5-4-6-20-35-52)49(38-48(47)56-51-32-19-22-37-54-51)57-58(39-42-23-11-7-12-24-42,40-43-25-13-8-14-26-43)41-44-27-15-9-16-28-44/h5,7-9,11-17,23-28,33-34,45-52H,2-4,6,10,18-22,29-32,35-41H2,1H3/b17-5-,34-33+/t45-,46+,47+,48+,49-,50?,51?/m0/s1. The maximum absolute atomic E-state index is 9.44. The fraction of sp³-hybridized carbons (Fsp3) is 0.569. The average molecular weight is 809 g/mol. The predicted octanol–water partition coefficient (Wildman–Crippen LogP) is 11.4. The van der Waals surface area contributed by atoms with Crippen LogP contribution in [0, 0.1) is 11.8 Å². The molecule has 58 heavy (non-hydrogen) atoms. The minimum atomic E-state index is -2.60. The molecule has 2 unspecified atom stereocenters. The molecule has 0 spiro atoms. The molecule has 7 atom stereocenters. The molecule has 316 valence electrons. The van der Waals surface area contributed by atoms with E-state index in [2.05, 4.69) is 122 Å². The summed E-state index contributed by atoms with van der Waals surface area (Å²) in [7, 11) is -2.60. The predicted molar refractivity (Wildman–Crippen MR) is 238 cm³/mol. The summed E-state index contributed by atoms with van der Waals surface area (Å²) in [6.45, 7) is 4.05. The summed E-state index contributed by atoms with van der Waals surface area (Å²) < 4.78 is 34.2. The van der Waals surface area contributed by atoms with E-state index in [1.807, 2.05) is 0 Å². The first kappa shape index (κ1) is 44.7. The molecule has 3 aliphatic rings. The Balaban J connectivity index is 1.37. The zero-order valence-corrected chi connectivity index (χ0v) is 36.3. The smallest absolute Gasteiger partial charge is 0.206 e. The Morgan fingerprint density at radius 1 is 0.707 bits per heavy atom. The highest BCUT2D eigenvalue weighted by atomic mass is 28.4. The van der Waals surface area contributed by atoms with Crippen LogP contribution < -0.4 is 0 Å². The molecule has 1 N–H and O–H groups in total. The minimum absolute atomic E-state index is 0.00131. The molecule has 6 rings (SSSR count). The Morgan fingerprint density at radius 3 is 1.86 bits per heavy atom.